The van der Waals surface area contributed by atoms with Crippen molar-refractivity contribution in [3.63, 3.8) is 0 Å². The summed E-state index contributed by atoms with van der Waals surface area (Å²) >= 11 is 0. The predicted molar refractivity (Wildman–Crippen MR) is 103 cm³/mol. The number of halogens is 2. The summed E-state index contributed by atoms with van der Waals surface area (Å²) in [7, 11) is 0. The molecule has 0 N–H and O–H groups in total. The molecule has 4 rings (SSSR count). The lowest BCUT2D eigenvalue weighted by Gasteiger charge is -2.36. The first kappa shape index (κ1) is 18.2. The van der Waals surface area contributed by atoms with Gasteiger partial charge in [0.2, 0.25) is 0 Å². The smallest absolute Gasteiger partial charge is 0.159 e. The maximum absolute atomic E-state index is 4.43. The molecule has 0 radical (unpaired) electrons. The Morgan fingerprint density at radius 1 is 0.792 bits per heavy atom. The molecule has 7 heteroatoms. The fraction of sp³-hybridized carbons (Fsp3) is 0.235. The number of hydrogen-bond donors (Lipinski definition) is 0. The Morgan fingerprint density at radius 3 is 2.25 bits per heavy atom. The molecule has 0 bridgehead atoms. The quantitative estimate of drug-likeness (QED) is 0.699. The number of fused-ring (bicyclic) bond motifs is 1. The van der Waals surface area contributed by atoms with E-state index in [9.17, 15) is 0 Å². The molecule has 0 aliphatic carbocycles. The Morgan fingerprint density at radius 2 is 1.50 bits per heavy atom. The molecule has 1 saturated heterocycles. The summed E-state index contributed by atoms with van der Waals surface area (Å²) in [4.78, 5) is 9.06. The average Bonchev–Trinajstić information content (AvgIpc) is 2.62. The molecular weight excluding hydrogens is 345 g/mol. The molecular formula is C17H19Cl2N5. The van der Waals surface area contributed by atoms with Gasteiger partial charge in [0.15, 0.2) is 5.82 Å². The SMILES string of the molecule is Cl.Cl.c1ccc(N2CCN(c3nncc4ccccc34)CC2)nc1. The number of benzene rings is 1. The molecule has 2 aromatic heterocycles. The third kappa shape index (κ3) is 3.52. The van der Waals surface area contributed by atoms with Crippen LogP contribution in [0.15, 0.2) is 54.9 Å². The summed E-state index contributed by atoms with van der Waals surface area (Å²) in [5.41, 5.74) is 0. The fourth-order valence-corrected chi connectivity index (χ4v) is 2.93. The van der Waals surface area contributed by atoms with Crippen LogP contribution in [0, 0.1) is 0 Å². The van der Waals surface area contributed by atoms with Gasteiger partial charge in [0.1, 0.15) is 5.82 Å². The first-order valence-corrected chi connectivity index (χ1v) is 7.53. The first-order chi connectivity index (χ1) is 10.9. The maximum Gasteiger partial charge on any atom is 0.159 e. The minimum absolute atomic E-state index is 0. The lowest BCUT2D eigenvalue weighted by Crippen LogP contribution is -2.47. The van der Waals surface area contributed by atoms with Gasteiger partial charge in [0, 0.05) is 43.1 Å². The predicted octanol–water partition coefficient (Wildman–Crippen LogP) is 3.20. The van der Waals surface area contributed by atoms with E-state index >= 15 is 0 Å². The minimum atomic E-state index is 0. The average molecular weight is 364 g/mol. The highest BCUT2D eigenvalue weighted by Crippen LogP contribution is 2.24. The summed E-state index contributed by atoms with van der Waals surface area (Å²) in [6, 6.07) is 14.3. The van der Waals surface area contributed by atoms with Gasteiger partial charge in [-0.2, -0.15) is 5.10 Å². The van der Waals surface area contributed by atoms with Gasteiger partial charge in [0.05, 0.1) is 6.20 Å². The maximum atomic E-state index is 4.43. The van der Waals surface area contributed by atoms with Gasteiger partial charge < -0.3 is 9.80 Å². The molecule has 126 valence electrons. The second-order valence-corrected chi connectivity index (χ2v) is 5.42. The highest BCUT2D eigenvalue weighted by atomic mass is 35.5. The van der Waals surface area contributed by atoms with Crippen LogP contribution in [0.3, 0.4) is 0 Å². The van der Waals surface area contributed by atoms with Crippen molar-refractivity contribution in [2.75, 3.05) is 36.0 Å². The van der Waals surface area contributed by atoms with Gasteiger partial charge in [-0.05, 0) is 12.1 Å². The molecule has 1 aromatic carbocycles. The summed E-state index contributed by atoms with van der Waals surface area (Å²) in [6.07, 6.45) is 3.67. The first-order valence-electron chi connectivity index (χ1n) is 7.53. The Hall–Kier alpha value is -2.11. The number of pyridine rings is 1. The van der Waals surface area contributed by atoms with Crippen LogP contribution < -0.4 is 9.80 Å². The van der Waals surface area contributed by atoms with Crippen LogP contribution in [0.2, 0.25) is 0 Å². The van der Waals surface area contributed by atoms with E-state index in [4.69, 9.17) is 0 Å². The van der Waals surface area contributed by atoms with E-state index in [1.54, 1.807) is 0 Å². The number of aromatic nitrogens is 3. The fourth-order valence-electron chi connectivity index (χ4n) is 2.93. The summed E-state index contributed by atoms with van der Waals surface area (Å²) in [6.45, 7) is 3.75. The van der Waals surface area contributed by atoms with E-state index in [1.165, 1.54) is 5.39 Å². The van der Waals surface area contributed by atoms with E-state index in [-0.39, 0.29) is 24.8 Å². The molecule has 1 fully saturated rings. The molecule has 0 saturated carbocycles. The van der Waals surface area contributed by atoms with Crippen molar-refractivity contribution in [1.82, 2.24) is 15.2 Å². The van der Waals surface area contributed by atoms with Gasteiger partial charge >= 0.3 is 0 Å². The number of rotatable bonds is 2. The second-order valence-electron chi connectivity index (χ2n) is 5.42. The number of piperazine rings is 1. The van der Waals surface area contributed by atoms with Crippen LogP contribution in [0.25, 0.3) is 10.8 Å². The van der Waals surface area contributed by atoms with Crippen LogP contribution in [-0.2, 0) is 0 Å². The molecule has 0 unspecified atom stereocenters. The molecule has 1 aliphatic rings. The van der Waals surface area contributed by atoms with Gasteiger partial charge in [-0.1, -0.05) is 30.3 Å². The molecule has 0 amide bonds. The third-order valence-electron chi connectivity index (χ3n) is 4.10. The van der Waals surface area contributed by atoms with Crippen molar-refractivity contribution in [2.45, 2.75) is 0 Å². The molecule has 0 spiro atoms. The molecule has 0 atom stereocenters. The molecule has 3 aromatic rings. The van der Waals surface area contributed by atoms with Crippen molar-refractivity contribution >= 4 is 47.2 Å². The van der Waals surface area contributed by atoms with Crippen molar-refractivity contribution < 1.29 is 0 Å². The minimum Gasteiger partial charge on any atom is -0.353 e. The lowest BCUT2D eigenvalue weighted by atomic mass is 10.1. The summed E-state index contributed by atoms with van der Waals surface area (Å²) in [5.74, 6) is 2.03. The zero-order valence-electron chi connectivity index (χ0n) is 13.1. The van der Waals surface area contributed by atoms with E-state index in [0.717, 1.165) is 43.2 Å². The van der Waals surface area contributed by atoms with Crippen molar-refractivity contribution in [3.05, 3.63) is 54.9 Å². The number of hydrogen-bond acceptors (Lipinski definition) is 5. The van der Waals surface area contributed by atoms with Crippen LogP contribution in [0.1, 0.15) is 0 Å². The number of nitrogens with zero attached hydrogens (tertiary/aromatic N) is 5. The number of anilines is 2. The molecule has 24 heavy (non-hydrogen) atoms. The highest BCUT2D eigenvalue weighted by Gasteiger charge is 2.20. The normalized spacial score (nSPS) is 14.0. The van der Waals surface area contributed by atoms with Crippen molar-refractivity contribution in [2.24, 2.45) is 0 Å². The molecule has 5 nitrogen and oxygen atoms in total. The Kier molecular flexibility index (Phi) is 6.17. The van der Waals surface area contributed by atoms with Gasteiger partial charge in [-0.25, -0.2) is 4.98 Å². The Balaban J connectivity index is 0.00000104. The summed E-state index contributed by atoms with van der Waals surface area (Å²) < 4.78 is 0. The Labute approximate surface area is 153 Å². The topological polar surface area (TPSA) is 45.2 Å². The summed E-state index contributed by atoms with van der Waals surface area (Å²) in [5, 5.41) is 10.8. The lowest BCUT2D eigenvalue weighted by molar-refractivity contribution is 0.640. The highest BCUT2D eigenvalue weighted by molar-refractivity contribution is 5.91. The molecule has 1 aliphatic heterocycles. The van der Waals surface area contributed by atoms with E-state index in [1.807, 2.05) is 30.6 Å². The van der Waals surface area contributed by atoms with Crippen LogP contribution in [-0.4, -0.2) is 41.4 Å². The zero-order valence-corrected chi connectivity index (χ0v) is 14.7. The Bertz CT molecular complexity index is 771. The van der Waals surface area contributed by atoms with Gasteiger partial charge in [-0.3, -0.25) is 0 Å². The van der Waals surface area contributed by atoms with E-state index in [0.29, 0.717) is 0 Å². The van der Waals surface area contributed by atoms with Gasteiger partial charge in [-0.15, -0.1) is 29.9 Å². The third-order valence-corrected chi connectivity index (χ3v) is 4.10. The monoisotopic (exact) mass is 363 g/mol. The standard InChI is InChI=1S/C17H17N5.2ClH/c1-2-6-15-14(5-1)13-19-20-17(15)22-11-9-21(10-12-22)16-7-3-4-8-18-16;;/h1-8,13H,9-12H2;2*1H. The van der Waals surface area contributed by atoms with Crippen molar-refractivity contribution in [1.29, 1.82) is 0 Å². The van der Waals surface area contributed by atoms with Crippen LogP contribution >= 0.6 is 24.8 Å². The van der Waals surface area contributed by atoms with Crippen molar-refractivity contribution in [3.8, 4) is 0 Å². The van der Waals surface area contributed by atoms with Gasteiger partial charge in [0.25, 0.3) is 0 Å². The van der Waals surface area contributed by atoms with Crippen LogP contribution in [0.4, 0.5) is 11.6 Å². The molecule has 3 heterocycles. The van der Waals surface area contributed by atoms with E-state index in [2.05, 4.69) is 49.2 Å². The zero-order chi connectivity index (χ0) is 14.8. The van der Waals surface area contributed by atoms with Crippen LogP contribution in [0.5, 0.6) is 0 Å². The largest absolute Gasteiger partial charge is 0.353 e. The second kappa shape index (κ2) is 8.13. The van der Waals surface area contributed by atoms with E-state index < -0.39 is 0 Å².